The summed E-state index contributed by atoms with van der Waals surface area (Å²) < 4.78 is 40.7. The minimum absolute atomic E-state index is 0.0223. The van der Waals surface area contributed by atoms with Gasteiger partial charge in [-0.1, -0.05) is 0 Å². The molecule has 1 heterocycles. The molecule has 1 aromatic heterocycles. The lowest BCUT2D eigenvalue weighted by Gasteiger charge is -2.07. The SMILES string of the molecule is COC(=O)c1sccc1N/C(C)=C\C(=O)C(F)(F)F. The maximum atomic E-state index is 12.1. The monoisotopic (exact) mass is 293 g/mol. The van der Waals surface area contributed by atoms with E-state index in [9.17, 15) is 22.8 Å². The number of hydrogen-bond donors (Lipinski definition) is 1. The van der Waals surface area contributed by atoms with Gasteiger partial charge >= 0.3 is 12.1 Å². The minimum atomic E-state index is -4.91. The van der Waals surface area contributed by atoms with Crippen molar-refractivity contribution >= 4 is 28.8 Å². The van der Waals surface area contributed by atoms with E-state index >= 15 is 0 Å². The topological polar surface area (TPSA) is 55.4 Å². The van der Waals surface area contributed by atoms with Crippen LogP contribution in [0.3, 0.4) is 0 Å². The summed E-state index contributed by atoms with van der Waals surface area (Å²) in [6, 6.07) is 1.51. The molecule has 1 aromatic rings. The van der Waals surface area contributed by atoms with Gasteiger partial charge in [0.15, 0.2) is 0 Å². The molecule has 0 aliphatic heterocycles. The number of methoxy groups -OCH3 is 1. The van der Waals surface area contributed by atoms with Crippen molar-refractivity contribution in [2.24, 2.45) is 0 Å². The molecule has 1 rings (SSSR count). The molecule has 0 aliphatic carbocycles. The van der Waals surface area contributed by atoms with Gasteiger partial charge in [0.2, 0.25) is 0 Å². The quantitative estimate of drug-likeness (QED) is 0.685. The number of alkyl halides is 3. The largest absolute Gasteiger partial charge is 0.465 e. The summed E-state index contributed by atoms with van der Waals surface area (Å²) in [4.78, 5) is 22.3. The van der Waals surface area contributed by atoms with E-state index in [0.29, 0.717) is 11.8 Å². The summed E-state index contributed by atoms with van der Waals surface area (Å²) in [5.74, 6) is -2.57. The van der Waals surface area contributed by atoms with Gasteiger partial charge < -0.3 is 10.1 Å². The first-order valence-electron chi connectivity index (χ1n) is 4.98. The molecule has 0 aromatic carbocycles. The zero-order chi connectivity index (χ0) is 14.6. The van der Waals surface area contributed by atoms with E-state index in [1.807, 2.05) is 0 Å². The molecular formula is C11H10F3NO3S. The van der Waals surface area contributed by atoms with Crippen LogP contribution in [0.15, 0.2) is 23.2 Å². The maximum Gasteiger partial charge on any atom is 0.454 e. The van der Waals surface area contributed by atoms with Crippen molar-refractivity contribution in [3.8, 4) is 0 Å². The number of anilines is 1. The number of nitrogens with one attached hydrogen (secondary N) is 1. The number of halogens is 3. The molecule has 4 nitrogen and oxygen atoms in total. The number of thiophene rings is 1. The van der Waals surface area contributed by atoms with Crippen molar-refractivity contribution < 1.29 is 27.5 Å². The van der Waals surface area contributed by atoms with Crippen molar-refractivity contribution in [2.45, 2.75) is 13.1 Å². The number of carbonyl (C=O) groups excluding carboxylic acids is 2. The van der Waals surface area contributed by atoms with Gasteiger partial charge in [0.25, 0.3) is 5.78 Å². The third kappa shape index (κ3) is 4.09. The predicted molar refractivity (Wildman–Crippen MR) is 64.1 cm³/mol. The summed E-state index contributed by atoms with van der Waals surface area (Å²) >= 11 is 1.08. The number of ketones is 1. The van der Waals surface area contributed by atoms with Crippen LogP contribution in [0.25, 0.3) is 0 Å². The molecule has 19 heavy (non-hydrogen) atoms. The highest BCUT2D eigenvalue weighted by Crippen LogP contribution is 2.25. The van der Waals surface area contributed by atoms with Crippen LogP contribution in [0.5, 0.6) is 0 Å². The second-order valence-electron chi connectivity index (χ2n) is 3.47. The van der Waals surface area contributed by atoms with Crippen LogP contribution in [0, 0.1) is 0 Å². The van der Waals surface area contributed by atoms with E-state index in [4.69, 9.17) is 0 Å². The normalized spacial score (nSPS) is 12.2. The van der Waals surface area contributed by atoms with Crippen molar-refractivity contribution in [2.75, 3.05) is 12.4 Å². The van der Waals surface area contributed by atoms with E-state index in [2.05, 4.69) is 10.1 Å². The summed E-state index contributed by atoms with van der Waals surface area (Å²) in [6.45, 7) is 1.29. The van der Waals surface area contributed by atoms with E-state index in [1.165, 1.54) is 20.1 Å². The third-order valence-corrected chi connectivity index (χ3v) is 2.89. The molecule has 0 fully saturated rings. The molecule has 0 bridgehead atoms. The van der Waals surface area contributed by atoms with Gasteiger partial charge in [-0.25, -0.2) is 4.79 Å². The van der Waals surface area contributed by atoms with Gasteiger partial charge in [-0.05, 0) is 18.4 Å². The molecule has 0 saturated carbocycles. The van der Waals surface area contributed by atoms with E-state index in [1.54, 1.807) is 5.38 Å². The predicted octanol–water partition coefficient (Wildman–Crippen LogP) is 2.98. The number of carbonyl (C=O) groups is 2. The molecule has 0 aliphatic rings. The lowest BCUT2D eigenvalue weighted by Crippen LogP contribution is -2.21. The second-order valence-corrected chi connectivity index (χ2v) is 4.39. The fourth-order valence-corrected chi connectivity index (χ4v) is 1.95. The molecule has 0 radical (unpaired) electrons. The Hall–Kier alpha value is -1.83. The molecule has 1 N–H and O–H groups in total. The number of esters is 1. The highest BCUT2D eigenvalue weighted by atomic mass is 32.1. The second kappa shape index (κ2) is 5.87. The molecule has 0 spiro atoms. The number of hydrogen-bond acceptors (Lipinski definition) is 5. The molecule has 0 amide bonds. The van der Waals surface area contributed by atoms with Gasteiger partial charge in [0.1, 0.15) is 4.88 Å². The summed E-state index contributed by atoms with van der Waals surface area (Å²) in [6.07, 6.45) is -4.48. The van der Waals surface area contributed by atoms with Crippen LogP contribution in [-0.4, -0.2) is 25.0 Å². The zero-order valence-corrected chi connectivity index (χ0v) is 10.8. The zero-order valence-electron chi connectivity index (χ0n) is 10.00. The Bertz CT molecular complexity index is 520. The molecular weight excluding hydrogens is 283 g/mol. The molecule has 0 saturated heterocycles. The lowest BCUT2D eigenvalue weighted by molar-refractivity contribution is -0.165. The Kier molecular flexibility index (Phi) is 4.71. The first-order valence-corrected chi connectivity index (χ1v) is 5.86. The Morgan fingerprint density at radius 3 is 2.58 bits per heavy atom. The third-order valence-electron chi connectivity index (χ3n) is 1.99. The summed E-state index contributed by atoms with van der Waals surface area (Å²) in [5.41, 5.74) is 0.270. The number of rotatable bonds is 4. The van der Waals surface area contributed by atoms with E-state index in [0.717, 1.165) is 11.3 Å². The summed E-state index contributed by atoms with van der Waals surface area (Å²) in [7, 11) is 1.20. The average Bonchev–Trinajstić information content (AvgIpc) is 2.74. The average molecular weight is 293 g/mol. The van der Waals surface area contributed by atoms with Gasteiger partial charge in [0, 0.05) is 11.8 Å². The lowest BCUT2D eigenvalue weighted by atomic mass is 10.3. The van der Waals surface area contributed by atoms with E-state index in [-0.39, 0.29) is 10.6 Å². The molecule has 0 atom stereocenters. The first kappa shape index (κ1) is 15.2. The number of ether oxygens (including phenoxy) is 1. The smallest absolute Gasteiger partial charge is 0.454 e. The fourth-order valence-electron chi connectivity index (χ4n) is 1.19. The minimum Gasteiger partial charge on any atom is -0.465 e. The Morgan fingerprint density at radius 1 is 1.42 bits per heavy atom. The standard InChI is InChI=1S/C11H10F3NO3S/c1-6(5-8(16)11(12,13)14)15-7-3-4-19-9(7)10(17)18-2/h3-5,15H,1-2H3/b6-5-. The maximum absolute atomic E-state index is 12.1. The van der Waals surface area contributed by atoms with Crippen LogP contribution in [0.2, 0.25) is 0 Å². The van der Waals surface area contributed by atoms with Crippen molar-refractivity contribution in [1.29, 1.82) is 0 Å². The van der Waals surface area contributed by atoms with Crippen molar-refractivity contribution in [3.05, 3.63) is 28.1 Å². The van der Waals surface area contributed by atoms with Crippen LogP contribution >= 0.6 is 11.3 Å². The van der Waals surface area contributed by atoms with Crippen LogP contribution in [-0.2, 0) is 9.53 Å². The van der Waals surface area contributed by atoms with Crippen molar-refractivity contribution in [3.63, 3.8) is 0 Å². The molecule has 0 unspecified atom stereocenters. The van der Waals surface area contributed by atoms with Gasteiger partial charge in [-0.2, -0.15) is 13.2 Å². The van der Waals surface area contributed by atoms with Crippen LogP contribution in [0.1, 0.15) is 16.6 Å². The first-order chi connectivity index (χ1) is 8.75. The van der Waals surface area contributed by atoms with Crippen LogP contribution in [0.4, 0.5) is 18.9 Å². The Labute approximate surface area is 110 Å². The van der Waals surface area contributed by atoms with Crippen molar-refractivity contribution in [1.82, 2.24) is 0 Å². The molecule has 104 valence electrons. The number of allylic oxidation sites excluding steroid dienone is 2. The van der Waals surface area contributed by atoms with Gasteiger partial charge in [-0.3, -0.25) is 4.79 Å². The summed E-state index contributed by atoms with van der Waals surface area (Å²) in [5, 5.41) is 4.14. The van der Waals surface area contributed by atoms with Crippen LogP contribution < -0.4 is 5.32 Å². The fraction of sp³-hybridized carbons (Fsp3) is 0.273. The Morgan fingerprint density at radius 2 is 2.05 bits per heavy atom. The van der Waals surface area contributed by atoms with E-state index < -0.39 is 17.9 Å². The van der Waals surface area contributed by atoms with Gasteiger partial charge in [-0.15, -0.1) is 11.3 Å². The highest BCUT2D eigenvalue weighted by molar-refractivity contribution is 7.12. The van der Waals surface area contributed by atoms with Gasteiger partial charge in [0.05, 0.1) is 12.8 Å². The highest BCUT2D eigenvalue weighted by Gasteiger charge is 2.36. The molecule has 8 heteroatoms. The Balaban J connectivity index is 2.86.